The van der Waals surface area contributed by atoms with Crippen LogP contribution in [0.1, 0.15) is 31.1 Å². The van der Waals surface area contributed by atoms with Gasteiger partial charge >= 0.3 is 5.69 Å². The third-order valence-corrected chi connectivity index (χ3v) is 5.70. The van der Waals surface area contributed by atoms with E-state index in [0.717, 1.165) is 5.69 Å². The number of hydrogen-bond acceptors (Lipinski definition) is 6. The molecule has 1 aliphatic heterocycles. The van der Waals surface area contributed by atoms with E-state index in [4.69, 9.17) is 16.3 Å². The number of nitrogens with zero attached hydrogens (tertiary/aromatic N) is 3. The summed E-state index contributed by atoms with van der Waals surface area (Å²) in [5.74, 6) is -0.294. The van der Waals surface area contributed by atoms with Gasteiger partial charge in [0.1, 0.15) is 0 Å². The van der Waals surface area contributed by atoms with Crippen molar-refractivity contribution in [3.8, 4) is 5.75 Å². The molecule has 33 heavy (non-hydrogen) atoms. The Morgan fingerprint density at radius 2 is 1.76 bits per heavy atom. The minimum Gasteiger partial charge on any atom is -0.490 e. The fraction of sp³-hybridized carbons (Fsp3) is 0.391. The van der Waals surface area contributed by atoms with Gasteiger partial charge in [-0.2, -0.15) is 0 Å². The number of nitrogens with one attached hydrogen (secondary N) is 1. The maximum Gasteiger partial charge on any atom is 0.311 e. The van der Waals surface area contributed by atoms with Crippen molar-refractivity contribution in [2.75, 3.05) is 43.5 Å². The lowest BCUT2D eigenvalue weighted by Crippen LogP contribution is -2.51. The first-order chi connectivity index (χ1) is 15.5. The Morgan fingerprint density at radius 1 is 1.09 bits per heavy atom. The number of carbonyl (C=O) groups is 2. The van der Waals surface area contributed by atoms with Crippen molar-refractivity contribution in [2.45, 2.75) is 20.8 Å². The molecule has 1 N–H and O–H groups in total. The predicted octanol–water partition coefficient (Wildman–Crippen LogP) is 4.20. The van der Waals surface area contributed by atoms with Gasteiger partial charge in [0.25, 0.3) is 5.91 Å². The molecule has 0 aromatic heterocycles. The second-order valence-electron chi connectivity index (χ2n) is 8.79. The highest BCUT2D eigenvalue weighted by atomic mass is 35.5. The summed E-state index contributed by atoms with van der Waals surface area (Å²) in [7, 11) is 1.33. The summed E-state index contributed by atoms with van der Waals surface area (Å²) in [5.41, 5.74) is 0.709. The smallest absolute Gasteiger partial charge is 0.311 e. The Labute approximate surface area is 197 Å². The average Bonchev–Trinajstić information content (AvgIpc) is 2.77. The fourth-order valence-electron chi connectivity index (χ4n) is 3.64. The standard InChI is InChI=1S/C23H27ClN4O5/c1-23(2,3)22(30)27-11-9-26(10-12-27)18-7-6-16(14-17(18)24)25-21(29)15-5-8-20(33-4)19(13-15)28(31)32/h5-8,13-14H,9-12H2,1-4H3,(H,25,29). The van der Waals surface area contributed by atoms with Gasteiger partial charge in [0.2, 0.25) is 5.91 Å². The van der Waals surface area contributed by atoms with Crippen LogP contribution in [0.3, 0.4) is 0 Å². The van der Waals surface area contributed by atoms with Gasteiger partial charge in [-0.05, 0) is 30.3 Å². The van der Waals surface area contributed by atoms with Crippen LogP contribution in [0.2, 0.25) is 5.02 Å². The molecule has 1 fully saturated rings. The summed E-state index contributed by atoms with van der Waals surface area (Å²) in [5, 5.41) is 14.4. The lowest BCUT2D eigenvalue weighted by atomic mass is 9.94. The molecule has 0 spiro atoms. The fourth-order valence-corrected chi connectivity index (χ4v) is 3.94. The lowest BCUT2D eigenvalue weighted by molar-refractivity contribution is -0.385. The summed E-state index contributed by atoms with van der Waals surface area (Å²) in [4.78, 5) is 39.7. The van der Waals surface area contributed by atoms with Crippen LogP contribution >= 0.6 is 11.6 Å². The molecule has 0 saturated carbocycles. The summed E-state index contributed by atoms with van der Waals surface area (Å²) < 4.78 is 4.97. The minimum absolute atomic E-state index is 0.0771. The van der Waals surface area contributed by atoms with E-state index in [2.05, 4.69) is 10.2 Å². The van der Waals surface area contributed by atoms with Crippen LogP contribution in [0.4, 0.5) is 17.1 Å². The number of rotatable bonds is 5. The zero-order valence-corrected chi connectivity index (χ0v) is 19.8. The number of nitro groups is 1. The van der Waals surface area contributed by atoms with E-state index in [9.17, 15) is 19.7 Å². The van der Waals surface area contributed by atoms with E-state index >= 15 is 0 Å². The highest BCUT2D eigenvalue weighted by Crippen LogP contribution is 2.31. The number of benzene rings is 2. The molecule has 1 aliphatic rings. The number of anilines is 2. The summed E-state index contributed by atoms with van der Waals surface area (Å²) in [6, 6.07) is 9.18. The van der Waals surface area contributed by atoms with Crippen molar-refractivity contribution in [3.05, 3.63) is 57.1 Å². The van der Waals surface area contributed by atoms with Gasteiger partial charge in [0, 0.05) is 48.9 Å². The Bertz CT molecular complexity index is 1080. The van der Waals surface area contributed by atoms with Crippen LogP contribution < -0.4 is 15.0 Å². The van der Waals surface area contributed by atoms with Crippen LogP contribution in [0.5, 0.6) is 5.75 Å². The normalized spacial score (nSPS) is 14.1. The molecule has 1 saturated heterocycles. The minimum atomic E-state index is -0.601. The molecule has 0 atom stereocenters. The SMILES string of the molecule is COc1ccc(C(=O)Nc2ccc(N3CCN(C(=O)C(C)(C)C)CC3)c(Cl)c2)cc1[N+](=O)[O-]. The van der Waals surface area contributed by atoms with Gasteiger partial charge in [0.05, 0.1) is 22.7 Å². The van der Waals surface area contributed by atoms with Crippen molar-refractivity contribution >= 4 is 40.5 Å². The number of amides is 2. The largest absolute Gasteiger partial charge is 0.490 e. The number of halogens is 1. The first-order valence-corrected chi connectivity index (χ1v) is 10.9. The monoisotopic (exact) mass is 474 g/mol. The predicted molar refractivity (Wildman–Crippen MR) is 127 cm³/mol. The highest BCUT2D eigenvalue weighted by molar-refractivity contribution is 6.33. The molecule has 0 unspecified atom stereocenters. The van der Waals surface area contributed by atoms with Gasteiger partial charge < -0.3 is 19.9 Å². The Kier molecular flexibility index (Phi) is 7.12. The molecule has 1 heterocycles. The number of carbonyl (C=O) groups excluding carboxylic acids is 2. The van der Waals surface area contributed by atoms with Crippen molar-refractivity contribution in [1.82, 2.24) is 4.90 Å². The molecule has 0 bridgehead atoms. The average molecular weight is 475 g/mol. The van der Waals surface area contributed by atoms with Crippen LogP contribution in [-0.2, 0) is 4.79 Å². The summed E-state index contributed by atoms with van der Waals surface area (Å²) >= 11 is 6.49. The zero-order chi connectivity index (χ0) is 24.3. The molecular formula is C23H27ClN4O5. The molecule has 2 aromatic rings. The summed E-state index contributed by atoms with van der Waals surface area (Å²) in [6.45, 7) is 8.27. The Hall–Kier alpha value is -3.33. The molecule has 0 radical (unpaired) electrons. The molecule has 10 heteroatoms. The zero-order valence-electron chi connectivity index (χ0n) is 19.1. The highest BCUT2D eigenvalue weighted by Gasteiger charge is 2.30. The van der Waals surface area contributed by atoms with Crippen LogP contribution in [0.15, 0.2) is 36.4 Å². The van der Waals surface area contributed by atoms with Gasteiger partial charge in [-0.3, -0.25) is 19.7 Å². The molecule has 176 valence electrons. The summed E-state index contributed by atoms with van der Waals surface area (Å²) in [6.07, 6.45) is 0. The third-order valence-electron chi connectivity index (χ3n) is 5.39. The molecule has 3 rings (SSSR count). The molecule has 0 aliphatic carbocycles. The van der Waals surface area contributed by atoms with Crippen molar-refractivity contribution < 1.29 is 19.2 Å². The van der Waals surface area contributed by atoms with Gasteiger partial charge in [0.15, 0.2) is 5.75 Å². The Morgan fingerprint density at radius 3 is 2.30 bits per heavy atom. The van der Waals surface area contributed by atoms with Crippen LogP contribution in [0, 0.1) is 15.5 Å². The molecule has 9 nitrogen and oxygen atoms in total. The van der Waals surface area contributed by atoms with Crippen molar-refractivity contribution in [2.24, 2.45) is 5.41 Å². The van der Waals surface area contributed by atoms with Crippen LogP contribution in [0.25, 0.3) is 0 Å². The second kappa shape index (κ2) is 9.66. The number of ether oxygens (including phenoxy) is 1. The maximum absolute atomic E-state index is 12.6. The number of nitro benzene ring substituents is 1. The number of methoxy groups -OCH3 is 1. The second-order valence-corrected chi connectivity index (χ2v) is 9.20. The van der Waals surface area contributed by atoms with E-state index in [1.54, 1.807) is 12.1 Å². The van der Waals surface area contributed by atoms with Gasteiger partial charge in [-0.1, -0.05) is 32.4 Å². The molecule has 2 amide bonds. The Balaban J connectivity index is 1.68. The van der Waals surface area contributed by atoms with E-state index < -0.39 is 16.2 Å². The lowest BCUT2D eigenvalue weighted by Gasteiger charge is -2.39. The maximum atomic E-state index is 12.6. The van der Waals surface area contributed by atoms with E-state index in [0.29, 0.717) is 36.9 Å². The van der Waals surface area contributed by atoms with Crippen LogP contribution in [-0.4, -0.2) is 54.9 Å². The first-order valence-electron chi connectivity index (χ1n) is 10.5. The topological polar surface area (TPSA) is 105 Å². The van der Waals surface area contributed by atoms with E-state index in [1.165, 1.54) is 25.3 Å². The molecule has 2 aromatic carbocycles. The number of piperazine rings is 1. The van der Waals surface area contributed by atoms with E-state index in [-0.39, 0.29) is 22.9 Å². The van der Waals surface area contributed by atoms with Crippen molar-refractivity contribution in [1.29, 1.82) is 0 Å². The molecular weight excluding hydrogens is 448 g/mol. The van der Waals surface area contributed by atoms with Gasteiger partial charge in [-0.25, -0.2) is 0 Å². The van der Waals surface area contributed by atoms with Gasteiger partial charge in [-0.15, -0.1) is 0 Å². The first kappa shape index (κ1) is 24.3. The van der Waals surface area contributed by atoms with E-state index in [1.807, 2.05) is 31.7 Å². The third kappa shape index (κ3) is 5.54. The quantitative estimate of drug-likeness (QED) is 0.514. The number of hydrogen-bond donors (Lipinski definition) is 1. The van der Waals surface area contributed by atoms with Crippen molar-refractivity contribution in [3.63, 3.8) is 0 Å².